The van der Waals surface area contributed by atoms with Crippen LogP contribution in [0, 0.1) is 0 Å². The van der Waals surface area contributed by atoms with Crippen molar-refractivity contribution < 1.29 is 4.79 Å². The van der Waals surface area contributed by atoms with E-state index < -0.39 is 0 Å². The molecule has 0 spiro atoms. The van der Waals surface area contributed by atoms with Crippen molar-refractivity contribution in [1.29, 1.82) is 0 Å². The smallest absolute Gasteiger partial charge is 0.228 e. The monoisotopic (exact) mass is 321 g/mol. The number of anilines is 1. The summed E-state index contributed by atoms with van der Waals surface area (Å²) in [5, 5.41) is 0.965. The highest BCUT2D eigenvalue weighted by Gasteiger charge is 2.26. The summed E-state index contributed by atoms with van der Waals surface area (Å²) in [4.78, 5) is 18.4. The molecule has 1 fully saturated rings. The Kier molecular flexibility index (Phi) is 3.55. The number of hydrogen-bond donors (Lipinski definition) is 0. The number of imidazole rings is 1. The molecular formula is C14H16BrN3O. The SMILES string of the molecule is O=C1CCCN1c1nc(CCCBr)n2ccccc12. The van der Waals surface area contributed by atoms with Crippen LogP contribution in [0.2, 0.25) is 0 Å². The minimum absolute atomic E-state index is 0.191. The van der Waals surface area contributed by atoms with Crippen LogP contribution in [0.5, 0.6) is 0 Å². The quantitative estimate of drug-likeness (QED) is 0.812. The number of carbonyl (C=O) groups is 1. The number of alkyl halides is 1. The van der Waals surface area contributed by atoms with Crippen LogP contribution in [0.4, 0.5) is 5.82 Å². The van der Waals surface area contributed by atoms with Crippen LogP contribution in [0.15, 0.2) is 24.4 Å². The van der Waals surface area contributed by atoms with Crippen molar-refractivity contribution in [2.75, 3.05) is 16.8 Å². The van der Waals surface area contributed by atoms with E-state index in [2.05, 4.69) is 20.3 Å². The highest BCUT2D eigenvalue weighted by molar-refractivity contribution is 9.09. The molecule has 3 rings (SSSR count). The predicted octanol–water partition coefficient (Wildman–Crippen LogP) is 2.79. The van der Waals surface area contributed by atoms with Gasteiger partial charge in [0.15, 0.2) is 5.82 Å². The van der Waals surface area contributed by atoms with Crippen LogP contribution in [0.1, 0.15) is 25.1 Å². The molecule has 1 amide bonds. The Labute approximate surface area is 120 Å². The van der Waals surface area contributed by atoms with Gasteiger partial charge in [-0.15, -0.1) is 0 Å². The van der Waals surface area contributed by atoms with Crippen LogP contribution in [-0.2, 0) is 11.2 Å². The average molecular weight is 322 g/mol. The number of nitrogens with zero attached hydrogens (tertiary/aromatic N) is 3. The molecule has 0 aliphatic carbocycles. The van der Waals surface area contributed by atoms with Gasteiger partial charge in [0.25, 0.3) is 0 Å². The standard InChI is InChI=1S/C14H16BrN3O/c15-8-3-6-12-16-14(18-10-4-7-13(18)19)11-5-1-2-9-17(11)12/h1-2,5,9H,3-4,6-8,10H2. The summed E-state index contributed by atoms with van der Waals surface area (Å²) in [6.07, 6.45) is 5.56. The number of aromatic nitrogens is 2. The van der Waals surface area contributed by atoms with Gasteiger partial charge in [-0.3, -0.25) is 9.69 Å². The molecule has 100 valence electrons. The number of halogens is 1. The van der Waals surface area contributed by atoms with Crippen LogP contribution >= 0.6 is 15.9 Å². The van der Waals surface area contributed by atoms with Crippen molar-refractivity contribution in [1.82, 2.24) is 9.38 Å². The molecule has 5 heteroatoms. The molecule has 0 aromatic carbocycles. The lowest BCUT2D eigenvalue weighted by Gasteiger charge is -2.12. The molecule has 1 aliphatic heterocycles. The summed E-state index contributed by atoms with van der Waals surface area (Å²) in [5.41, 5.74) is 1.03. The molecule has 19 heavy (non-hydrogen) atoms. The Morgan fingerprint density at radius 3 is 3.00 bits per heavy atom. The Morgan fingerprint density at radius 2 is 2.26 bits per heavy atom. The van der Waals surface area contributed by atoms with E-state index in [1.807, 2.05) is 29.3 Å². The summed E-state index contributed by atoms with van der Waals surface area (Å²) in [6.45, 7) is 0.790. The van der Waals surface area contributed by atoms with Gasteiger partial charge in [0.2, 0.25) is 5.91 Å². The number of pyridine rings is 1. The lowest BCUT2D eigenvalue weighted by molar-refractivity contribution is -0.117. The van der Waals surface area contributed by atoms with Gasteiger partial charge in [-0.2, -0.15) is 0 Å². The lowest BCUT2D eigenvalue weighted by Crippen LogP contribution is -2.24. The number of carbonyl (C=O) groups excluding carboxylic acids is 1. The zero-order valence-electron chi connectivity index (χ0n) is 10.7. The molecule has 2 aromatic heterocycles. The Morgan fingerprint density at radius 1 is 1.37 bits per heavy atom. The van der Waals surface area contributed by atoms with Gasteiger partial charge in [-0.25, -0.2) is 4.98 Å². The van der Waals surface area contributed by atoms with E-state index in [4.69, 9.17) is 4.98 Å². The average Bonchev–Trinajstić information content (AvgIpc) is 3.00. The summed E-state index contributed by atoms with van der Waals surface area (Å²) in [5.74, 6) is 2.05. The van der Waals surface area contributed by atoms with Gasteiger partial charge in [0, 0.05) is 30.9 Å². The largest absolute Gasteiger partial charge is 0.302 e. The first-order valence-corrected chi connectivity index (χ1v) is 7.75. The maximum absolute atomic E-state index is 11.9. The predicted molar refractivity (Wildman–Crippen MR) is 78.9 cm³/mol. The minimum Gasteiger partial charge on any atom is -0.302 e. The van der Waals surface area contributed by atoms with E-state index in [0.717, 1.165) is 48.3 Å². The summed E-state index contributed by atoms with van der Waals surface area (Å²) < 4.78 is 2.10. The highest BCUT2D eigenvalue weighted by atomic mass is 79.9. The summed E-state index contributed by atoms with van der Waals surface area (Å²) in [7, 11) is 0. The number of hydrogen-bond acceptors (Lipinski definition) is 2. The fraction of sp³-hybridized carbons (Fsp3) is 0.429. The van der Waals surface area contributed by atoms with E-state index in [1.165, 1.54) is 0 Å². The second-order valence-corrected chi connectivity index (χ2v) is 5.54. The Balaban J connectivity index is 2.06. The van der Waals surface area contributed by atoms with Crippen molar-refractivity contribution in [2.24, 2.45) is 0 Å². The van der Waals surface area contributed by atoms with Crippen molar-refractivity contribution in [3.05, 3.63) is 30.2 Å². The highest BCUT2D eigenvalue weighted by Crippen LogP contribution is 2.26. The topological polar surface area (TPSA) is 37.6 Å². The van der Waals surface area contributed by atoms with Gasteiger partial charge in [-0.1, -0.05) is 22.0 Å². The Hall–Kier alpha value is -1.36. The van der Waals surface area contributed by atoms with Crippen LogP contribution < -0.4 is 4.90 Å². The molecule has 0 unspecified atom stereocenters. The lowest BCUT2D eigenvalue weighted by atomic mass is 10.3. The zero-order valence-corrected chi connectivity index (χ0v) is 12.3. The summed E-state index contributed by atoms with van der Waals surface area (Å²) >= 11 is 3.45. The maximum atomic E-state index is 11.9. The maximum Gasteiger partial charge on any atom is 0.228 e. The third-order valence-electron chi connectivity index (χ3n) is 3.47. The second kappa shape index (κ2) is 5.33. The van der Waals surface area contributed by atoms with E-state index in [-0.39, 0.29) is 5.91 Å². The molecule has 0 saturated carbocycles. The third-order valence-corrected chi connectivity index (χ3v) is 4.03. The normalized spacial score (nSPS) is 15.6. The van der Waals surface area contributed by atoms with Gasteiger partial charge < -0.3 is 4.40 Å². The van der Waals surface area contributed by atoms with Gasteiger partial charge in [0.1, 0.15) is 5.82 Å². The summed E-state index contributed by atoms with van der Waals surface area (Å²) in [6, 6.07) is 6.03. The number of rotatable bonds is 4. The van der Waals surface area contributed by atoms with Gasteiger partial charge >= 0.3 is 0 Å². The molecule has 0 radical (unpaired) electrons. The van der Waals surface area contributed by atoms with E-state index >= 15 is 0 Å². The van der Waals surface area contributed by atoms with Crippen molar-refractivity contribution >= 4 is 33.2 Å². The van der Waals surface area contributed by atoms with E-state index in [1.54, 1.807) is 0 Å². The molecule has 3 heterocycles. The number of amides is 1. The molecule has 2 aromatic rings. The fourth-order valence-electron chi connectivity index (χ4n) is 2.56. The van der Waals surface area contributed by atoms with Gasteiger partial charge in [0.05, 0.1) is 5.52 Å². The van der Waals surface area contributed by atoms with Crippen LogP contribution in [0.25, 0.3) is 5.52 Å². The second-order valence-electron chi connectivity index (χ2n) is 4.75. The first-order chi connectivity index (χ1) is 9.31. The molecule has 0 N–H and O–H groups in total. The zero-order chi connectivity index (χ0) is 13.2. The van der Waals surface area contributed by atoms with Crippen molar-refractivity contribution in [3.63, 3.8) is 0 Å². The van der Waals surface area contributed by atoms with Crippen LogP contribution in [0.3, 0.4) is 0 Å². The first kappa shape index (κ1) is 12.7. The van der Waals surface area contributed by atoms with Crippen molar-refractivity contribution in [3.8, 4) is 0 Å². The third kappa shape index (κ3) is 2.27. The molecule has 1 aliphatic rings. The van der Waals surface area contributed by atoms with Gasteiger partial charge in [-0.05, 0) is 25.0 Å². The fourth-order valence-corrected chi connectivity index (χ4v) is 2.84. The molecule has 4 nitrogen and oxygen atoms in total. The molecule has 0 bridgehead atoms. The van der Waals surface area contributed by atoms with E-state index in [0.29, 0.717) is 6.42 Å². The minimum atomic E-state index is 0.191. The molecule has 0 atom stereocenters. The molecular weight excluding hydrogens is 306 g/mol. The number of aryl methyl sites for hydroxylation is 1. The van der Waals surface area contributed by atoms with E-state index in [9.17, 15) is 4.79 Å². The van der Waals surface area contributed by atoms with Crippen molar-refractivity contribution in [2.45, 2.75) is 25.7 Å². The Bertz CT molecular complexity index is 608. The number of fused-ring (bicyclic) bond motifs is 1. The molecule has 1 saturated heterocycles. The van der Waals surface area contributed by atoms with Crippen LogP contribution in [-0.4, -0.2) is 27.2 Å². The first-order valence-electron chi connectivity index (χ1n) is 6.63.